The lowest BCUT2D eigenvalue weighted by molar-refractivity contribution is 0.418. The number of ether oxygens (including phenoxy) is 2. The van der Waals surface area contributed by atoms with Gasteiger partial charge in [-0.05, 0) is 49.9 Å². The van der Waals surface area contributed by atoms with Crippen molar-refractivity contribution in [1.82, 2.24) is 0 Å². The molecule has 0 aliphatic carbocycles. The Bertz CT molecular complexity index is 1090. The van der Waals surface area contributed by atoms with E-state index in [0.29, 0.717) is 11.3 Å². The molecule has 4 atom stereocenters. The molecule has 0 radical (unpaired) electrons. The minimum Gasteiger partial charge on any atom is -0.496 e. The molecule has 0 aliphatic rings. The van der Waals surface area contributed by atoms with Crippen molar-refractivity contribution in [3.63, 3.8) is 0 Å². The Morgan fingerprint density at radius 3 is 1.15 bits per heavy atom. The maximum absolute atomic E-state index is 5.85. The van der Waals surface area contributed by atoms with Crippen LogP contribution in [0.5, 0.6) is 11.5 Å². The van der Waals surface area contributed by atoms with Crippen LogP contribution in [0, 0.1) is 0 Å². The molecule has 4 rings (SSSR count). The fraction of sp³-hybridized carbons (Fsp3) is 0.200. The van der Waals surface area contributed by atoms with Gasteiger partial charge >= 0.3 is 0 Å². The zero-order valence-corrected chi connectivity index (χ0v) is 22.0. The summed E-state index contributed by atoms with van der Waals surface area (Å²) in [5, 5.41) is 5.36. The molecule has 34 heavy (non-hydrogen) atoms. The molecule has 4 aromatic carbocycles. The molecule has 4 heteroatoms. The molecule has 0 spiro atoms. The minimum atomic E-state index is -0.655. The van der Waals surface area contributed by atoms with E-state index in [1.807, 2.05) is 0 Å². The summed E-state index contributed by atoms with van der Waals surface area (Å²) in [5.74, 6) is 1.94. The van der Waals surface area contributed by atoms with Crippen molar-refractivity contribution >= 4 is 37.1 Å². The molecular formula is C30H32O2P2. The van der Waals surface area contributed by atoms with Crippen LogP contribution in [0.2, 0.25) is 0 Å². The molecule has 2 unspecified atom stereocenters. The van der Waals surface area contributed by atoms with Gasteiger partial charge < -0.3 is 9.47 Å². The van der Waals surface area contributed by atoms with Gasteiger partial charge in [-0.15, -0.1) is 0 Å². The lowest BCUT2D eigenvalue weighted by atomic mass is 10.3. The highest BCUT2D eigenvalue weighted by atomic mass is 31.1. The summed E-state index contributed by atoms with van der Waals surface area (Å²) in [6, 6.07) is 38.9. The van der Waals surface area contributed by atoms with Crippen LogP contribution in [0.15, 0.2) is 109 Å². The van der Waals surface area contributed by atoms with E-state index < -0.39 is 15.8 Å². The molecule has 0 aliphatic heterocycles. The van der Waals surface area contributed by atoms with Crippen molar-refractivity contribution in [1.29, 1.82) is 0 Å². The van der Waals surface area contributed by atoms with Crippen LogP contribution < -0.4 is 30.7 Å². The standard InChI is InChI=1S/C30H32O2P2/c1-23(33(25-15-7-5-8-16-25)29-21-13-11-19-27(29)31-3)24(2)34(26-17-9-6-10-18-26)30-22-14-12-20-28(30)32-4/h5-24H,1-4H3/t23-,24-,33?,34?/m0/s1. The monoisotopic (exact) mass is 486 g/mol. The first kappa shape index (κ1) is 24.5. The summed E-state index contributed by atoms with van der Waals surface area (Å²) in [7, 11) is 2.24. The zero-order valence-electron chi connectivity index (χ0n) is 20.3. The van der Waals surface area contributed by atoms with Gasteiger partial charge in [-0.3, -0.25) is 0 Å². The highest BCUT2D eigenvalue weighted by Gasteiger charge is 2.34. The number of para-hydroxylation sites is 2. The SMILES string of the molecule is COc1ccccc1P(c1ccccc1)[C@@H](C)[C@H](C)P(c1ccccc1)c1ccccc1OC. The van der Waals surface area contributed by atoms with E-state index in [-0.39, 0.29) is 0 Å². The Balaban J connectivity index is 1.84. The topological polar surface area (TPSA) is 18.5 Å². The minimum absolute atomic E-state index is 0.407. The van der Waals surface area contributed by atoms with E-state index in [0.717, 1.165) is 11.5 Å². The molecule has 0 N–H and O–H groups in total. The normalized spacial score (nSPS) is 14.6. The molecule has 0 fully saturated rings. The number of benzene rings is 4. The summed E-state index contributed by atoms with van der Waals surface area (Å²) >= 11 is 0. The van der Waals surface area contributed by atoms with Gasteiger partial charge in [0.25, 0.3) is 0 Å². The van der Waals surface area contributed by atoms with E-state index in [9.17, 15) is 0 Å². The predicted octanol–water partition coefficient (Wildman–Crippen LogP) is 6.05. The number of rotatable bonds is 9. The summed E-state index contributed by atoms with van der Waals surface area (Å²) in [5.41, 5.74) is 0.815. The van der Waals surface area contributed by atoms with Crippen LogP contribution in [0.3, 0.4) is 0 Å². The number of hydrogen-bond acceptors (Lipinski definition) is 2. The maximum atomic E-state index is 5.85. The first-order valence-electron chi connectivity index (χ1n) is 11.6. The van der Waals surface area contributed by atoms with E-state index in [1.54, 1.807) is 14.2 Å². The maximum Gasteiger partial charge on any atom is 0.126 e. The summed E-state index contributed by atoms with van der Waals surface area (Å²) in [4.78, 5) is 0. The van der Waals surface area contributed by atoms with Crippen molar-refractivity contribution in [3.8, 4) is 11.5 Å². The van der Waals surface area contributed by atoms with Gasteiger partial charge in [0, 0.05) is 10.6 Å². The van der Waals surface area contributed by atoms with Crippen LogP contribution in [-0.4, -0.2) is 25.5 Å². The lowest BCUT2D eigenvalue weighted by Crippen LogP contribution is -2.32. The second-order valence-corrected chi connectivity index (χ2v) is 13.3. The third kappa shape index (κ3) is 5.20. The van der Waals surface area contributed by atoms with Crippen molar-refractivity contribution in [2.45, 2.75) is 25.2 Å². The first-order chi connectivity index (χ1) is 16.7. The van der Waals surface area contributed by atoms with E-state index >= 15 is 0 Å². The molecule has 0 aromatic heterocycles. The summed E-state index contributed by atoms with van der Waals surface area (Å²) in [6.45, 7) is 4.84. The highest BCUT2D eigenvalue weighted by Crippen LogP contribution is 2.53. The molecule has 174 valence electrons. The van der Waals surface area contributed by atoms with Crippen LogP contribution >= 0.6 is 15.8 Å². The second-order valence-electron chi connectivity index (χ2n) is 8.24. The van der Waals surface area contributed by atoms with Crippen LogP contribution in [0.4, 0.5) is 0 Å². The van der Waals surface area contributed by atoms with Gasteiger partial charge in [0.05, 0.1) is 14.2 Å². The van der Waals surface area contributed by atoms with E-state index in [4.69, 9.17) is 9.47 Å². The average Bonchev–Trinajstić information content (AvgIpc) is 2.90. The summed E-state index contributed by atoms with van der Waals surface area (Å²) in [6.07, 6.45) is 0. The Labute approximate surface area is 206 Å². The zero-order chi connectivity index (χ0) is 23.9. The largest absolute Gasteiger partial charge is 0.496 e. The van der Waals surface area contributed by atoms with Crippen molar-refractivity contribution in [2.75, 3.05) is 14.2 Å². The highest BCUT2D eigenvalue weighted by molar-refractivity contribution is 7.77. The van der Waals surface area contributed by atoms with Gasteiger partial charge in [-0.25, -0.2) is 0 Å². The van der Waals surface area contributed by atoms with Crippen LogP contribution in [-0.2, 0) is 0 Å². The van der Waals surface area contributed by atoms with E-state index in [2.05, 4.69) is 123 Å². The number of hydrogen-bond donors (Lipinski definition) is 0. The van der Waals surface area contributed by atoms with Crippen molar-refractivity contribution in [2.24, 2.45) is 0 Å². The van der Waals surface area contributed by atoms with Gasteiger partial charge in [0.2, 0.25) is 0 Å². The van der Waals surface area contributed by atoms with Crippen LogP contribution in [0.25, 0.3) is 0 Å². The summed E-state index contributed by atoms with van der Waals surface area (Å²) < 4.78 is 11.7. The Morgan fingerprint density at radius 2 is 0.794 bits per heavy atom. The third-order valence-electron chi connectivity index (χ3n) is 6.27. The van der Waals surface area contributed by atoms with Gasteiger partial charge in [0.1, 0.15) is 11.5 Å². The molecule has 0 bridgehead atoms. The van der Waals surface area contributed by atoms with Gasteiger partial charge in [-0.2, -0.15) is 0 Å². The Hall–Kier alpha value is -2.66. The fourth-order valence-electron chi connectivity index (χ4n) is 4.45. The number of methoxy groups -OCH3 is 2. The second kappa shape index (κ2) is 11.7. The predicted molar refractivity (Wildman–Crippen MR) is 150 cm³/mol. The molecule has 4 aromatic rings. The Morgan fingerprint density at radius 1 is 0.471 bits per heavy atom. The molecule has 0 amide bonds. The molecule has 0 saturated carbocycles. The first-order valence-corrected chi connectivity index (χ1v) is 14.4. The average molecular weight is 487 g/mol. The molecule has 2 nitrogen and oxygen atoms in total. The van der Waals surface area contributed by atoms with E-state index in [1.165, 1.54) is 21.2 Å². The molecule has 0 saturated heterocycles. The van der Waals surface area contributed by atoms with Crippen molar-refractivity contribution in [3.05, 3.63) is 109 Å². The van der Waals surface area contributed by atoms with Gasteiger partial charge in [-0.1, -0.05) is 111 Å². The lowest BCUT2D eigenvalue weighted by Gasteiger charge is -2.36. The molecule has 0 heterocycles. The fourth-order valence-corrected chi connectivity index (χ4v) is 10.8. The third-order valence-corrected chi connectivity index (χ3v) is 12.5. The quantitative estimate of drug-likeness (QED) is 0.268. The van der Waals surface area contributed by atoms with Crippen molar-refractivity contribution < 1.29 is 9.47 Å². The van der Waals surface area contributed by atoms with Gasteiger partial charge in [0.15, 0.2) is 0 Å². The molecular weight excluding hydrogens is 454 g/mol. The van der Waals surface area contributed by atoms with Crippen LogP contribution in [0.1, 0.15) is 13.8 Å². The Kier molecular flexibility index (Phi) is 8.39. The smallest absolute Gasteiger partial charge is 0.126 e.